The summed E-state index contributed by atoms with van der Waals surface area (Å²) in [6.07, 6.45) is 5.33. The van der Waals surface area contributed by atoms with Crippen LogP contribution < -0.4 is 5.32 Å². The summed E-state index contributed by atoms with van der Waals surface area (Å²) < 4.78 is 2.30. The largest absolute Gasteiger partial charge is 0.341 e. The first-order valence-electron chi connectivity index (χ1n) is 12.6. The Morgan fingerprint density at radius 1 is 1.12 bits per heavy atom. The number of benzene rings is 1. The van der Waals surface area contributed by atoms with Crippen molar-refractivity contribution in [2.24, 2.45) is 11.3 Å². The van der Waals surface area contributed by atoms with Crippen LogP contribution in [0.5, 0.6) is 0 Å². The van der Waals surface area contributed by atoms with Gasteiger partial charge in [-0.2, -0.15) is 0 Å². The highest BCUT2D eigenvalue weighted by Crippen LogP contribution is 2.41. The van der Waals surface area contributed by atoms with Crippen LogP contribution in [-0.4, -0.2) is 44.6 Å². The van der Waals surface area contributed by atoms with Gasteiger partial charge in [-0.3, -0.25) is 9.59 Å². The van der Waals surface area contributed by atoms with E-state index in [1.165, 1.54) is 0 Å². The average Bonchev–Trinajstić information content (AvgIpc) is 3.33. The standard InChI is InChI=1S/C27H39N5O2/c1-17-9-10-18(2)23(14-17)28-26(34)22-16-31(19(3)33)15-21(22)25-30-29-24(32(25)20-11-12-20)8-7-13-27(4,5)6/h9-10,14,20-22H,7-8,11-13,15-16H2,1-6H3,(H,28,34)/t21-,22-/m0/s1. The second-order valence-corrected chi connectivity index (χ2v) is 11.4. The van der Waals surface area contributed by atoms with Gasteiger partial charge < -0.3 is 14.8 Å². The number of likely N-dealkylation sites (tertiary alicyclic amines) is 1. The van der Waals surface area contributed by atoms with Crippen LogP contribution in [0, 0.1) is 25.2 Å². The van der Waals surface area contributed by atoms with E-state index in [9.17, 15) is 9.59 Å². The van der Waals surface area contributed by atoms with E-state index < -0.39 is 0 Å². The van der Waals surface area contributed by atoms with Gasteiger partial charge in [-0.05, 0) is 62.1 Å². The van der Waals surface area contributed by atoms with Crippen LogP contribution in [-0.2, 0) is 16.0 Å². The Balaban J connectivity index is 1.60. The van der Waals surface area contributed by atoms with Crippen molar-refractivity contribution in [1.82, 2.24) is 19.7 Å². The number of amides is 2. The van der Waals surface area contributed by atoms with Crippen molar-refractivity contribution in [3.05, 3.63) is 41.0 Å². The normalized spacial score (nSPS) is 20.6. The van der Waals surface area contributed by atoms with Gasteiger partial charge in [0, 0.05) is 38.2 Å². The molecule has 1 aromatic heterocycles. The number of aryl methyl sites for hydroxylation is 3. The molecule has 1 aromatic carbocycles. The zero-order valence-corrected chi connectivity index (χ0v) is 21.5. The zero-order valence-electron chi connectivity index (χ0n) is 21.5. The minimum Gasteiger partial charge on any atom is -0.341 e. The van der Waals surface area contributed by atoms with E-state index in [0.29, 0.717) is 19.1 Å². The Morgan fingerprint density at radius 2 is 1.85 bits per heavy atom. The minimum absolute atomic E-state index is 0.00470. The van der Waals surface area contributed by atoms with E-state index in [4.69, 9.17) is 0 Å². The molecule has 34 heavy (non-hydrogen) atoms. The molecule has 0 spiro atoms. The van der Waals surface area contributed by atoms with E-state index in [1.54, 1.807) is 11.8 Å². The predicted molar refractivity (Wildman–Crippen MR) is 134 cm³/mol. The third-order valence-electron chi connectivity index (χ3n) is 7.12. The summed E-state index contributed by atoms with van der Waals surface area (Å²) in [5, 5.41) is 12.4. The quantitative estimate of drug-likeness (QED) is 0.637. The van der Waals surface area contributed by atoms with Gasteiger partial charge in [-0.15, -0.1) is 10.2 Å². The van der Waals surface area contributed by atoms with Crippen molar-refractivity contribution in [2.45, 2.75) is 85.6 Å². The molecule has 2 heterocycles. The molecule has 2 aliphatic rings. The van der Waals surface area contributed by atoms with Crippen molar-refractivity contribution in [2.75, 3.05) is 18.4 Å². The van der Waals surface area contributed by atoms with Gasteiger partial charge in [0.2, 0.25) is 11.8 Å². The van der Waals surface area contributed by atoms with Crippen LogP contribution in [0.1, 0.15) is 88.1 Å². The molecule has 4 rings (SSSR count). The maximum absolute atomic E-state index is 13.5. The molecule has 2 amide bonds. The van der Waals surface area contributed by atoms with E-state index >= 15 is 0 Å². The third kappa shape index (κ3) is 5.50. The number of carbonyl (C=O) groups excluding carboxylic acids is 2. The Hall–Kier alpha value is -2.70. The molecule has 0 unspecified atom stereocenters. The van der Waals surface area contributed by atoms with Crippen molar-refractivity contribution in [1.29, 1.82) is 0 Å². The van der Waals surface area contributed by atoms with E-state index in [0.717, 1.165) is 60.6 Å². The second kappa shape index (κ2) is 9.51. The van der Waals surface area contributed by atoms with Gasteiger partial charge in [-0.1, -0.05) is 32.9 Å². The first-order chi connectivity index (χ1) is 16.0. The van der Waals surface area contributed by atoms with Crippen LogP contribution in [0.2, 0.25) is 0 Å². The van der Waals surface area contributed by atoms with Crippen molar-refractivity contribution in [3.8, 4) is 0 Å². The molecule has 7 heteroatoms. The number of anilines is 1. The molecule has 1 aliphatic carbocycles. The van der Waals surface area contributed by atoms with Crippen LogP contribution >= 0.6 is 0 Å². The highest BCUT2D eigenvalue weighted by atomic mass is 16.2. The molecule has 2 fully saturated rings. The van der Waals surface area contributed by atoms with Crippen molar-refractivity contribution in [3.63, 3.8) is 0 Å². The van der Waals surface area contributed by atoms with E-state index in [2.05, 4.69) is 40.9 Å². The maximum Gasteiger partial charge on any atom is 0.230 e. The highest BCUT2D eigenvalue weighted by molar-refractivity contribution is 5.95. The van der Waals surface area contributed by atoms with Crippen LogP contribution in [0.25, 0.3) is 0 Å². The molecule has 1 saturated carbocycles. The zero-order chi connectivity index (χ0) is 24.6. The number of carbonyl (C=O) groups is 2. The van der Waals surface area contributed by atoms with Gasteiger partial charge in [-0.25, -0.2) is 0 Å². The van der Waals surface area contributed by atoms with Gasteiger partial charge in [0.1, 0.15) is 11.6 Å². The molecule has 1 saturated heterocycles. The molecule has 2 atom stereocenters. The molecule has 184 valence electrons. The molecule has 1 N–H and O–H groups in total. The Labute approximate surface area is 203 Å². The summed E-state index contributed by atoms with van der Waals surface area (Å²) in [5.74, 6) is 1.33. The molecule has 0 radical (unpaired) electrons. The van der Waals surface area contributed by atoms with E-state index in [1.807, 2.05) is 32.0 Å². The molecule has 7 nitrogen and oxygen atoms in total. The molecule has 1 aliphatic heterocycles. The van der Waals surface area contributed by atoms with Crippen LogP contribution in [0.3, 0.4) is 0 Å². The predicted octanol–water partition coefficient (Wildman–Crippen LogP) is 4.80. The summed E-state index contributed by atoms with van der Waals surface area (Å²) in [5.41, 5.74) is 3.25. The number of aromatic nitrogens is 3. The Morgan fingerprint density at radius 3 is 2.50 bits per heavy atom. The van der Waals surface area contributed by atoms with Crippen LogP contribution in [0.4, 0.5) is 5.69 Å². The second-order valence-electron chi connectivity index (χ2n) is 11.4. The fraction of sp³-hybridized carbons (Fsp3) is 0.630. The van der Waals surface area contributed by atoms with E-state index in [-0.39, 0.29) is 29.1 Å². The van der Waals surface area contributed by atoms with Gasteiger partial charge >= 0.3 is 0 Å². The summed E-state index contributed by atoms with van der Waals surface area (Å²) in [4.78, 5) is 27.6. The first kappa shape index (κ1) is 24.4. The number of hydrogen-bond donors (Lipinski definition) is 1. The summed E-state index contributed by atoms with van der Waals surface area (Å²) >= 11 is 0. The topological polar surface area (TPSA) is 80.1 Å². The molecule has 0 bridgehead atoms. The fourth-order valence-corrected chi connectivity index (χ4v) is 4.95. The third-order valence-corrected chi connectivity index (χ3v) is 7.12. The maximum atomic E-state index is 13.5. The number of rotatable bonds is 7. The molecular formula is C27H39N5O2. The lowest BCUT2D eigenvalue weighted by Crippen LogP contribution is -2.31. The lowest BCUT2D eigenvalue weighted by molar-refractivity contribution is -0.128. The summed E-state index contributed by atoms with van der Waals surface area (Å²) in [7, 11) is 0. The number of hydrogen-bond acceptors (Lipinski definition) is 4. The lowest BCUT2D eigenvalue weighted by atomic mass is 9.90. The minimum atomic E-state index is -0.354. The highest BCUT2D eigenvalue weighted by Gasteiger charge is 2.44. The van der Waals surface area contributed by atoms with Crippen molar-refractivity contribution < 1.29 is 9.59 Å². The average molecular weight is 466 g/mol. The SMILES string of the molecule is CC(=O)N1C[C@H](C(=O)Nc2cc(C)ccc2C)[C@@H](c2nnc(CCCC(C)(C)C)n2C2CC2)C1. The Kier molecular flexibility index (Phi) is 6.83. The smallest absolute Gasteiger partial charge is 0.230 e. The van der Waals surface area contributed by atoms with Gasteiger partial charge in [0.05, 0.1) is 11.8 Å². The summed E-state index contributed by atoms with van der Waals surface area (Å²) in [6.45, 7) is 13.3. The van der Waals surface area contributed by atoms with Crippen LogP contribution in [0.15, 0.2) is 18.2 Å². The first-order valence-corrected chi connectivity index (χ1v) is 12.6. The fourth-order valence-electron chi connectivity index (χ4n) is 4.95. The molecule has 2 aromatic rings. The number of nitrogens with zero attached hydrogens (tertiary/aromatic N) is 4. The molecular weight excluding hydrogens is 426 g/mol. The summed E-state index contributed by atoms with van der Waals surface area (Å²) in [6, 6.07) is 6.48. The number of nitrogens with one attached hydrogen (secondary N) is 1. The lowest BCUT2D eigenvalue weighted by Gasteiger charge is -2.20. The van der Waals surface area contributed by atoms with Gasteiger partial charge in [0.15, 0.2) is 0 Å². The van der Waals surface area contributed by atoms with Crippen molar-refractivity contribution >= 4 is 17.5 Å². The van der Waals surface area contributed by atoms with Gasteiger partial charge in [0.25, 0.3) is 0 Å². The monoisotopic (exact) mass is 465 g/mol. The Bertz CT molecular complexity index is 1060.